The van der Waals surface area contributed by atoms with Crippen LogP contribution < -0.4 is 0 Å². The zero-order chi connectivity index (χ0) is 19.4. The second-order valence-electron chi connectivity index (χ2n) is 8.92. The van der Waals surface area contributed by atoms with Crippen molar-refractivity contribution in [2.45, 2.75) is 63.7 Å². The second kappa shape index (κ2) is 8.51. The predicted octanol–water partition coefficient (Wildman–Crippen LogP) is 6.46. The standard InChI is InChI=1S/C26H32O2/c27-25(28)24(21-13-5-2-6-14-21)26(22-15-7-8-16-22,23-17-9-10-18-23)19-20-11-3-1-4-12-20/h1-6,11-14,22-24H,7-10,15-19H2,(H,27,28). The summed E-state index contributed by atoms with van der Waals surface area (Å²) in [6.07, 6.45) is 10.6. The van der Waals surface area contributed by atoms with Gasteiger partial charge >= 0.3 is 5.97 Å². The molecule has 1 N–H and O–H groups in total. The molecule has 2 aliphatic rings. The Kier molecular flexibility index (Phi) is 5.85. The Bertz CT molecular complexity index is 740. The average Bonchev–Trinajstić information content (AvgIpc) is 3.43. The molecule has 2 aliphatic carbocycles. The summed E-state index contributed by atoms with van der Waals surface area (Å²) in [6.45, 7) is 0. The largest absolute Gasteiger partial charge is 0.481 e. The smallest absolute Gasteiger partial charge is 0.311 e. The van der Waals surface area contributed by atoms with Gasteiger partial charge in [-0.15, -0.1) is 0 Å². The molecule has 2 saturated carbocycles. The van der Waals surface area contributed by atoms with Crippen molar-refractivity contribution in [3.8, 4) is 0 Å². The summed E-state index contributed by atoms with van der Waals surface area (Å²) >= 11 is 0. The van der Waals surface area contributed by atoms with Crippen molar-refractivity contribution in [3.05, 3.63) is 71.8 Å². The number of carboxylic acids is 1. The summed E-state index contributed by atoms with van der Waals surface area (Å²) in [5.74, 6) is -0.0738. The molecule has 2 heteroatoms. The van der Waals surface area contributed by atoms with Crippen LogP contribution in [-0.2, 0) is 11.2 Å². The van der Waals surface area contributed by atoms with Crippen molar-refractivity contribution < 1.29 is 9.90 Å². The van der Waals surface area contributed by atoms with Gasteiger partial charge in [-0.1, -0.05) is 86.3 Å². The average molecular weight is 377 g/mol. The second-order valence-corrected chi connectivity index (χ2v) is 8.92. The Hall–Kier alpha value is -2.09. The van der Waals surface area contributed by atoms with Crippen LogP contribution in [0.25, 0.3) is 0 Å². The summed E-state index contributed by atoms with van der Waals surface area (Å²) in [6, 6.07) is 20.7. The number of rotatable bonds is 7. The molecule has 2 aromatic carbocycles. The third kappa shape index (κ3) is 3.62. The Labute approximate surface area is 169 Å². The van der Waals surface area contributed by atoms with Crippen LogP contribution >= 0.6 is 0 Å². The number of benzene rings is 2. The number of aliphatic carboxylic acids is 1. The summed E-state index contributed by atoms with van der Waals surface area (Å²) in [4.78, 5) is 12.9. The minimum Gasteiger partial charge on any atom is -0.481 e. The zero-order valence-corrected chi connectivity index (χ0v) is 16.7. The number of carboxylic acid groups (broad SMARTS) is 1. The number of hydrogen-bond donors (Lipinski definition) is 1. The van der Waals surface area contributed by atoms with E-state index in [0.717, 1.165) is 12.0 Å². The first-order chi connectivity index (χ1) is 13.7. The van der Waals surface area contributed by atoms with Crippen molar-refractivity contribution in [2.24, 2.45) is 17.3 Å². The van der Waals surface area contributed by atoms with Crippen molar-refractivity contribution >= 4 is 5.97 Å². The number of hydrogen-bond acceptors (Lipinski definition) is 1. The lowest BCUT2D eigenvalue weighted by molar-refractivity contribution is -0.146. The van der Waals surface area contributed by atoms with Gasteiger partial charge in [0.2, 0.25) is 0 Å². The van der Waals surface area contributed by atoms with Gasteiger partial charge in [0.05, 0.1) is 5.92 Å². The van der Waals surface area contributed by atoms with Gasteiger partial charge in [0.1, 0.15) is 0 Å². The van der Waals surface area contributed by atoms with Gasteiger partial charge in [0.15, 0.2) is 0 Å². The van der Waals surface area contributed by atoms with Crippen LogP contribution in [0.1, 0.15) is 68.4 Å². The molecule has 148 valence electrons. The molecule has 2 aromatic rings. The molecule has 0 bridgehead atoms. The zero-order valence-electron chi connectivity index (χ0n) is 16.7. The van der Waals surface area contributed by atoms with Gasteiger partial charge in [-0.25, -0.2) is 0 Å². The van der Waals surface area contributed by atoms with Crippen LogP contribution in [-0.4, -0.2) is 11.1 Å². The molecular weight excluding hydrogens is 344 g/mol. The SMILES string of the molecule is O=C(O)C(c1ccccc1)C(Cc1ccccc1)(C1CCCC1)C1CCCC1. The van der Waals surface area contributed by atoms with Crippen molar-refractivity contribution in [2.75, 3.05) is 0 Å². The van der Waals surface area contributed by atoms with E-state index in [-0.39, 0.29) is 5.41 Å². The Balaban J connectivity index is 1.87. The van der Waals surface area contributed by atoms with Crippen LogP contribution in [0.4, 0.5) is 0 Å². The summed E-state index contributed by atoms with van der Waals surface area (Å²) in [5.41, 5.74) is 2.09. The van der Waals surface area contributed by atoms with Crippen molar-refractivity contribution in [3.63, 3.8) is 0 Å². The van der Waals surface area contributed by atoms with Crippen LogP contribution in [0.5, 0.6) is 0 Å². The fourth-order valence-electron chi connectivity index (χ4n) is 6.40. The van der Waals surface area contributed by atoms with E-state index in [9.17, 15) is 9.90 Å². The molecule has 0 heterocycles. The van der Waals surface area contributed by atoms with Gasteiger partial charge in [-0.05, 0) is 60.5 Å². The van der Waals surface area contributed by atoms with Crippen LogP contribution in [0.3, 0.4) is 0 Å². The van der Waals surface area contributed by atoms with E-state index in [1.807, 2.05) is 30.3 Å². The normalized spacial score (nSPS) is 19.7. The lowest BCUT2D eigenvalue weighted by Crippen LogP contribution is -2.46. The first kappa shape index (κ1) is 19.2. The van der Waals surface area contributed by atoms with Crippen LogP contribution in [0.15, 0.2) is 60.7 Å². The van der Waals surface area contributed by atoms with Crippen molar-refractivity contribution in [1.29, 1.82) is 0 Å². The molecule has 28 heavy (non-hydrogen) atoms. The maximum atomic E-state index is 12.9. The van der Waals surface area contributed by atoms with E-state index in [2.05, 4.69) is 30.3 Å². The molecule has 0 spiro atoms. The molecule has 4 rings (SSSR count). The fraction of sp³-hybridized carbons (Fsp3) is 0.500. The predicted molar refractivity (Wildman–Crippen MR) is 113 cm³/mol. The first-order valence-electron chi connectivity index (χ1n) is 11.0. The lowest BCUT2D eigenvalue weighted by atomic mass is 9.54. The van der Waals surface area contributed by atoms with E-state index in [0.29, 0.717) is 11.8 Å². The van der Waals surface area contributed by atoms with Gasteiger partial charge in [0.25, 0.3) is 0 Å². The lowest BCUT2D eigenvalue weighted by Gasteiger charge is -2.49. The van der Waals surface area contributed by atoms with Crippen LogP contribution in [0.2, 0.25) is 0 Å². The molecular formula is C26H32O2. The molecule has 0 aromatic heterocycles. The molecule has 0 radical (unpaired) electrons. The third-order valence-corrected chi connectivity index (χ3v) is 7.50. The fourth-order valence-corrected chi connectivity index (χ4v) is 6.40. The Morgan fingerprint density at radius 3 is 1.75 bits per heavy atom. The van der Waals surface area contributed by atoms with E-state index >= 15 is 0 Å². The van der Waals surface area contributed by atoms with Gasteiger partial charge in [0, 0.05) is 0 Å². The molecule has 2 nitrogen and oxygen atoms in total. The summed E-state index contributed by atoms with van der Waals surface area (Å²) in [7, 11) is 0. The monoisotopic (exact) mass is 376 g/mol. The first-order valence-corrected chi connectivity index (χ1v) is 11.0. The van der Waals surface area contributed by atoms with Crippen molar-refractivity contribution in [1.82, 2.24) is 0 Å². The highest BCUT2D eigenvalue weighted by molar-refractivity contribution is 5.77. The minimum atomic E-state index is -0.638. The van der Waals surface area contributed by atoms with E-state index in [1.54, 1.807) is 0 Å². The van der Waals surface area contributed by atoms with E-state index in [1.165, 1.54) is 56.9 Å². The van der Waals surface area contributed by atoms with Gasteiger partial charge in [-0.2, -0.15) is 0 Å². The van der Waals surface area contributed by atoms with E-state index < -0.39 is 11.9 Å². The molecule has 0 saturated heterocycles. The third-order valence-electron chi connectivity index (χ3n) is 7.50. The number of carbonyl (C=O) groups is 1. The summed E-state index contributed by atoms with van der Waals surface area (Å²) in [5, 5.41) is 10.6. The quantitative estimate of drug-likeness (QED) is 0.602. The Morgan fingerprint density at radius 2 is 1.29 bits per heavy atom. The topological polar surface area (TPSA) is 37.3 Å². The molecule has 1 unspecified atom stereocenters. The molecule has 0 amide bonds. The summed E-state index contributed by atoms with van der Waals surface area (Å²) < 4.78 is 0. The highest BCUT2D eigenvalue weighted by Crippen LogP contribution is 2.59. The molecule has 2 fully saturated rings. The van der Waals surface area contributed by atoms with Crippen LogP contribution in [0, 0.1) is 17.3 Å². The molecule has 0 aliphatic heterocycles. The Morgan fingerprint density at radius 1 is 0.821 bits per heavy atom. The maximum Gasteiger partial charge on any atom is 0.311 e. The van der Waals surface area contributed by atoms with Gasteiger partial charge in [-0.3, -0.25) is 4.79 Å². The maximum absolute atomic E-state index is 12.9. The molecule has 1 atom stereocenters. The van der Waals surface area contributed by atoms with E-state index in [4.69, 9.17) is 0 Å². The van der Waals surface area contributed by atoms with Gasteiger partial charge < -0.3 is 5.11 Å². The minimum absolute atomic E-state index is 0.193. The highest BCUT2D eigenvalue weighted by atomic mass is 16.4. The highest BCUT2D eigenvalue weighted by Gasteiger charge is 2.54.